The summed E-state index contributed by atoms with van der Waals surface area (Å²) in [4.78, 5) is 17.2. The fourth-order valence-electron chi connectivity index (χ4n) is 4.15. The van der Waals surface area contributed by atoms with Gasteiger partial charge in [-0.2, -0.15) is 0 Å². The second-order valence-electron chi connectivity index (χ2n) is 8.49. The summed E-state index contributed by atoms with van der Waals surface area (Å²) in [6.45, 7) is 1.91. The van der Waals surface area contributed by atoms with Crippen LogP contribution in [0.15, 0.2) is 72.8 Å². The maximum Gasteiger partial charge on any atom is 0.251 e. The van der Waals surface area contributed by atoms with Crippen LogP contribution in [0.1, 0.15) is 35.4 Å². The zero-order valence-corrected chi connectivity index (χ0v) is 20.9. The molecule has 0 aliphatic carbocycles. The zero-order chi connectivity index (χ0) is 25.2. The number of para-hydroxylation sites is 2. The number of aryl methyl sites for hydroxylation is 1. The van der Waals surface area contributed by atoms with Crippen molar-refractivity contribution in [1.29, 1.82) is 0 Å². The van der Waals surface area contributed by atoms with E-state index in [4.69, 9.17) is 19.2 Å². The predicted octanol–water partition coefficient (Wildman–Crippen LogP) is 5.28. The largest absolute Gasteiger partial charge is 0.497 e. The zero-order valence-electron chi connectivity index (χ0n) is 20.9. The van der Waals surface area contributed by atoms with E-state index in [0.717, 1.165) is 60.6 Å². The normalized spacial score (nSPS) is 10.8. The Labute approximate surface area is 212 Å². The third-order valence-corrected chi connectivity index (χ3v) is 6.07. The van der Waals surface area contributed by atoms with Crippen molar-refractivity contribution in [2.45, 2.75) is 32.2 Å². The number of imidazole rings is 1. The van der Waals surface area contributed by atoms with Gasteiger partial charge in [0.25, 0.3) is 5.91 Å². The molecule has 0 bridgehead atoms. The van der Waals surface area contributed by atoms with Gasteiger partial charge in [0.05, 0.1) is 31.8 Å². The molecule has 7 nitrogen and oxygen atoms in total. The van der Waals surface area contributed by atoms with Crippen LogP contribution >= 0.6 is 0 Å². The summed E-state index contributed by atoms with van der Waals surface area (Å²) in [6, 6.07) is 23.0. The molecule has 4 aromatic rings. The first-order valence-electron chi connectivity index (χ1n) is 12.3. The molecule has 4 rings (SSSR count). The lowest BCUT2D eigenvalue weighted by atomic mass is 10.1. The molecule has 1 N–H and O–H groups in total. The van der Waals surface area contributed by atoms with Gasteiger partial charge in [-0.25, -0.2) is 4.98 Å². The highest BCUT2D eigenvalue weighted by Crippen LogP contribution is 2.20. The topological polar surface area (TPSA) is 74.6 Å². The molecule has 0 unspecified atom stereocenters. The number of nitrogens with one attached hydrogen (secondary N) is 1. The summed E-state index contributed by atoms with van der Waals surface area (Å²) < 4.78 is 18.6. The van der Waals surface area contributed by atoms with E-state index >= 15 is 0 Å². The molecular formula is C29H33N3O4. The van der Waals surface area contributed by atoms with Crippen LogP contribution in [0.3, 0.4) is 0 Å². The van der Waals surface area contributed by atoms with Gasteiger partial charge >= 0.3 is 0 Å². The molecule has 1 aromatic heterocycles. The van der Waals surface area contributed by atoms with Gasteiger partial charge in [0.2, 0.25) is 0 Å². The molecule has 0 spiro atoms. The van der Waals surface area contributed by atoms with Crippen molar-refractivity contribution in [3.8, 4) is 17.2 Å². The molecule has 36 heavy (non-hydrogen) atoms. The Morgan fingerprint density at radius 3 is 2.44 bits per heavy atom. The maximum atomic E-state index is 12.3. The predicted molar refractivity (Wildman–Crippen MR) is 141 cm³/mol. The van der Waals surface area contributed by atoms with E-state index in [1.54, 1.807) is 26.4 Å². The fraction of sp³-hybridized carbons (Fsp3) is 0.310. The Balaban J connectivity index is 1.26. The third-order valence-electron chi connectivity index (χ3n) is 6.07. The lowest BCUT2D eigenvalue weighted by molar-refractivity contribution is 0.0952. The maximum absolute atomic E-state index is 12.3. The molecular weight excluding hydrogens is 454 g/mol. The number of nitrogens with zero attached hydrogens (tertiary/aromatic N) is 2. The Bertz CT molecular complexity index is 1270. The van der Waals surface area contributed by atoms with Gasteiger partial charge in [0, 0.05) is 18.5 Å². The molecule has 0 saturated carbocycles. The Kier molecular flexibility index (Phi) is 8.81. The SMILES string of the molecule is COc1ccc(OCCn2c(CCCCCNC(=O)c3cccc(OC)c3)nc3ccccc32)cc1. The molecule has 0 aliphatic rings. The molecule has 0 saturated heterocycles. The van der Waals surface area contributed by atoms with Gasteiger partial charge in [-0.1, -0.05) is 24.6 Å². The van der Waals surface area contributed by atoms with Crippen LogP contribution in [-0.2, 0) is 13.0 Å². The van der Waals surface area contributed by atoms with Gasteiger partial charge in [-0.05, 0) is 67.4 Å². The molecule has 3 aromatic carbocycles. The highest BCUT2D eigenvalue weighted by Gasteiger charge is 2.11. The highest BCUT2D eigenvalue weighted by atomic mass is 16.5. The first-order valence-corrected chi connectivity index (χ1v) is 12.3. The number of carbonyl (C=O) groups excluding carboxylic acids is 1. The third kappa shape index (κ3) is 6.56. The minimum Gasteiger partial charge on any atom is -0.497 e. The van der Waals surface area contributed by atoms with E-state index in [-0.39, 0.29) is 5.91 Å². The van der Waals surface area contributed by atoms with Gasteiger partial charge in [-0.15, -0.1) is 0 Å². The standard InChI is InChI=1S/C29H33N3O4/c1-34-23-14-16-24(17-15-23)36-20-19-32-27-12-6-5-11-26(27)31-28(32)13-4-3-7-18-30-29(33)22-9-8-10-25(21-22)35-2/h5-6,8-12,14-17,21H,3-4,7,13,18-20H2,1-2H3,(H,30,33). The van der Waals surface area contributed by atoms with Crippen molar-refractivity contribution < 1.29 is 19.0 Å². The molecule has 0 fully saturated rings. The number of ether oxygens (including phenoxy) is 3. The van der Waals surface area contributed by atoms with Crippen molar-refractivity contribution in [3.63, 3.8) is 0 Å². The van der Waals surface area contributed by atoms with Crippen LogP contribution in [0, 0.1) is 0 Å². The number of hydrogen-bond acceptors (Lipinski definition) is 5. The first kappa shape index (κ1) is 25.1. The Hall–Kier alpha value is -4.00. The van der Waals surface area contributed by atoms with Gasteiger partial charge in [0.15, 0.2) is 0 Å². The van der Waals surface area contributed by atoms with Crippen molar-refractivity contribution in [2.24, 2.45) is 0 Å². The van der Waals surface area contributed by atoms with Gasteiger partial charge < -0.3 is 24.1 Å². The molecule has 1 heterocycles. The number of amides is 1. The van der Waals surface area contributed by atoms with Crippen LogP contribution in [0.25, 0.3) is 11.0 Å². The van der Waals surface area contributed by atoms with Crippen LogP contribution < -0.4 is 19.5 Å². The van der Waals surface area contributed by atoms with E-state index in [1.807, 2.05) is 54.6 Å². The number of hydrogen-bond donors (Lipinski definition) is 1. The fourth-order valence-corrected chi connectivity index (χ4v) is 4.15. The second-order valence-corrected chi connectivity index (χ2v) is 8.49. The average molecular weight is 488 g/mol. The first-order chi connectivity index (χ1) is 17.7. The van der Waals surface area contributed by atoms with Crippen molar-refractivity contribution in [3.05, 3.63) is 84.2 Å². The second kappa shape index (κ2) is 12.6. The number of carbonyl (C=O) groups is 1. The smallest absolute Gasteiger partial charge is 0.251 e. The van der Waals surface area contributed by atoms with Gasteiger partial charge in [0.1, 0.15) is 29.7 Å². The monoisotopic (exact) mass is 487 g/mol. The molecule has 0 aliphatic heterocycles. The number of rotatable bonds is 13. The number of unbranched alkanes of at least 4 members (excludes halogenated alkanes) is 2. The number of benzene rings is 3. The van der Waals surface area contributed by atoms with Crippen molar-refractivity contribution in [2.75, 3.05) is 27.4 Å². The summed E-state index contributed by atoms with van der Waals surface area (Å²) in [5.41, 5.74) is 2.74. The Morgan fingerprint density at radius 2 is 1.64 bits per heavy atom. The summed E-state index contributed by atoms with van der Waals surface area (Å²) in [6.07, 6.45) is 3.79. The highest BCUT2D eigenvalue weighted by molar-refractivity contribution is 5.94. The molecule has 1 amide bonds. The van der Waals surface area contributed by atoms with E-state index in [0.29, 0.717) is 24.5 Å². The van der Waals surface area contributed by atoms with Crippen LogP contribution in [0.2, 0.25) is 0 Å². The minimum absolute atomic E-state index is 0.0763. The van der Waals surface area contributed by atoms with Crippen molar-refractivity contribution >= 4 is 16.9 Å². The van der Waals surface area contributed by atoms with Gasteiger partial charge in [-0.3, -0.25) is 4.79 Å². The molecule has 0 radical (unpaired) electrons. The minimum atomic E-state index is -0.0763. The van der Waals surface area contributed by atoms with Crippen LogP contribution in [-0.4, -0.2) is 42.8 Å². The Morgan fingerprint density at radius 1 is 0.861 bits per heavy atom. The van der Waals surface area contributed by atoms with Crippen LogP contribution in [0.5, 0.6) is 17.2 Å². The van der Waals surface area contributed by atoms with E-state index in [2.05, 4.69) is 16.0 Å². The molecule has 188 valence electrons. The lowest BCUT2D eigenvalue weighted by Gasteiger charge is -2.11. The summed E-state index contributed by atoms with van der Waals surface area (Å²) in [7, 11) is 3.25. The summed E-state index contributed by atoms with van der Waals surface area (Å²) in [5.74, 6) is 3.30. The molecule has 0 atom stereocenters. The van der Waals surface area contributed by atoms with Crippen molar-refractivity contribution in [1.82, 2.24) is 14.9 Å². The van der Waals surface area contributed by atoms with E-state index in [9.17, 15) is 4.79 Å². The molecule has 7 heteroatoms. The van der Waals surface area contributed by atoms with Crippen LogP contribution in [0.4, 0.5) is 0 Å². The summed E-state index contributed by atoms with van der Waals surface area (Å²) in [5, 5.41) is 2.99. The average Bonchev–Trinajstić information content (AvgIpc) is 3.28. The summed E-state index contributed by atoms with van der Waals surface area (Å²) >= 11 is 0. The van der Waals surface area contributed by atoms with E-state index in [1.165, 1.54) is 0 Å². The number of methoxy groups -OCH3 is 2. The number of aromatic nitrogens is 2. The number of fused-ring (bicyclic) bond motifs is 1. The van der Waals surface area contributed by atoms with E-state index < -0.39 is 0 Å². The quantitative estimate of drug-likeness (QED) is 0.260. The lowest BCUT2D eigenvalue weighted by Crippen LogP contribution is -2.24.